The van der Waals surface area contributed by atoms with Crippen LogP contribution in [0.15, 0.2) is 48.5 Å². The second kappa shape index (κ2) is 9.25. The molecular weight excluding hydrogens is 328 g/mol. The Morgan fingerprint density at radius 3 is 2.19 bits per heavy atom. The van der Waals surface area contributed by atoms with E-state index in [0.717, 1.165) is 17.0 Å². The Labute approximate surface area is 155 Å². The van der Waals surface area contributed by atoms with Crippen molar-refractivity contribution in [3.8, 4) is 5.75 Å². The predicted molar refractivity (Wildman–Crippen MR) is 105 cm³/mol. The van der Waals surface area contributed by atoms with Crippen molar-refractivity contribution in [1.82, 2.24) is 5.32 Å². The molecule has 0 unspecified atom stereocenters. The zero-order valence-corrected chi connectivity index (χ0v) is 16.0. The van der Waals surface area contributed by atoms with E-state index in [-0.39, 0.29) is 11.4 Å². The maximum absolute atomic E-state index is 12.0. The molecule has 2 rings (SSSR count). The van der Waals surface area contributed by atoms with Gasteiger partial charge >= 0.3 is 6.03 Å². The summed E-state index contributed by atoms with van der Waals surface area (Å²) in [5.74, 6) is 0.786. The Morgan fingerprint density at radius 2 is 1.62 bits per heavy atom. The van der Waals surface area contributed by atoms with Crippen LogP contribution in [-0.2, 0) is 16.7 Å². The summed E-state index contributed by atoms with van der Waals surface area (Å²) in [5.41, 5.74) is 3.11. The summed E-state index contributed by atoms with van der Waals surface area (Å²) in [7, 11) is 1.64. The van der Waals surface area contributed by atoms with E-state index in [1.165, 1.54) is 5.56 Å². The molecule has 0 aliphatic carbocycles. The molecule has 2 aromatic rings. The Bertz CT molecular complexity index is 689. The van der Waals surface area contributed by atoms with Crippen molar-refractivity contribution in [3.63, 3.8) is 0 Å². The number of carbonyl (C=O) groups excluding carboxylic acids is 1. The molecule has 0 saturated heterocycles. The first-order valence-electron chi connectivity index (χ1n) is 8.74. The number of anilines is 1. The van der Waals surface area contributed by atoms with Crippen molar-refractivity contribution in [2.75, 3.05) is 25.6 Å². The van der Waals surface area contributed by atoms with Crippen LogP contribution in [0, 0.1) is 0 Å². The van der Waals surface area contributed by atoms with E-state index in [1.807, 2.05) is 48.5 Å². The molecular formula is C21H28N2O3. The fourth-order valence-electron chi connectivity index (χ4n) is 2.36. The van der Waals surface area contributed by atoms with Crippen LogP contribution in [-0.4, -0.2) is 26.4 Å². The first-order chi connectivity index (χ1) is 12.4. The molecule has 2 aromatic carbocycles. The van der Waals surface area contributed by atoms with Crippen molar-refractivity contribution in [2.45, 2.75) is 32.7 Å². The van der Waals surface area contributed by atoms with Crippen LogP contribution in [0.4, 0.5) is 10.5 Å². The fraction of sp³-hybridized carbons (Fsp3) is 0.381. The van der Waals surface area contributed by atoms with E-state index in [2.05, 4.69) is 31.4 Å². The number of hydrogen-bond donors (Lipinski definition) is 2. The van der Waals surface area contributed by atoms with Gasteiger partial charge in [0.15, 0.2) is 0 Å². The van der Waals surface area contributed by atoms with Gasteiger partial charge in [0.25, 0.3) is 0 Å². The Hall–Kier alpha value is -2.53. The van der Waals surface area contributed by atoms with E-state index in [0.29, 0.717) is 19.8 Å². The minimum Gasteiger partial charge on any atom is -0.491 e. The van der Waals surface area contributed by atoms with E-state index < -0.39 is 0 Å². The molecule has 26 heavy (non-hydrogen) atoms. The molecule has 2 N–H and O–H groups in total. The fourth-order valence-corrected chi connectivity index (χ4v) is 2.36. The molecule has 0 fully saturated rings. The van der Waals surface area contributed by atoms with Crippen LogP contribution in [0.3, 0.4) is 0 Å². The molecule has 5 nitrogen and oxygen atoms in total. The van der Waals surface area contributed by atoms with Gasteiger partial charge in [-0.3, -0.25) is 0 Å². The standard InChI is InChI=1S/C21H28N2O3/c1-21(2,3)17-7-9-18(10-8-17)23-20(24)22-15-16-5-11-19(12-6-16)26-14-13-25-4/h5-12H,13-15H2,1-4H3,(H2,22,23,24). The highest BCUT2D eigenvalue weighted by molar-refractivity contribution is 5.89. The zero-order valence-electron chi connectivity index (χ0n) is 16.0. The molecule has 2 amide bonds. The molecule has 0 spiro atoms. The van der Waals surface area contributed by atoms with E-state index in [9.17, 15) is 4.79 Å². The van der Waals surface area contributed by atoms with Crippen LogP contribution < -0.4 is 15.4 Å². The van der Waals surface area contributed by atoms with Crippen LogP contribution in [0.1, 0.15) is 31.9 Å². The van der Waals surface area contributed by atoms with Crippen molar-refractivity contribution in [2.24, 2.45) is 0 Å². The van der Waals surface area contributed by atoms with Gasteiger partial charge in [0, 0.05) is 19.3 Å². The smallest absolute Gasteiger partial charge is 0.319 e. The normalized spacial score (nSPS) is 11.1. The van der Waals surface area contributed by atoms with Crippen LogP contribution in [0.2, 0.25) is 0 Å². The summed E-state index contributed by atoms with van der Waals surface area (Å²) in [6.45, 7) is 8.01. The molecule has 0 aromatic heterocycles. The van der Waals surface area contributed by atoms with Crippen molar-refractivity contribution in [1.29, 1.82) is 0 Å². The van der Waals surface area contributed by atoms with Gasteiger partial charge in [-0.05, 0) is 40.8 Å². The average Bonchev–Trinajstić information content (AvgIpc) is 2.61. The number of urea groups is 1. The monoisotopic (exact) mass is 356 g/mol. The Morgan fingerprint density at radius 1 is 0.962 bits per heavy atom. The lowest BCUT2D eigenvalue weighted by molar-refractivity contribution is 0.146. The molecule has 5 heteroatoms. The maximum Gasteiger partial charge on any atom is 0.319 e. The second-order valence-electron chi connectivity index (χ2n) is 7.12. The number of hydrogen-bond acceptors (Lipinski definition) is 3. The van der Waals surface area contributed by atoms with Crippen molar-refractivity contribution < 1.29 is 14.3 Å². The summed E-state index contributed by atoms with van der Waals surface area (Å²) < 4.78 is 10.5. The van der Waals surface area contributed by atoms with Crippen LogP contribution >= 0.6 is 0 Å². The van der Waals surface area contributed by atoms with Gasteiger partial charge in [0.05, 0.1) is 6.61 Å². The average molecular weight is 356 g/mol. The summed E-state index contributed by atoms with van der Waals surface area (Å²) in [4.78, 5) is 12.0. The van der Waals surface area contributed by atoms with E-state index in [4.69, 9.17) is 9.47 Å². The van der Waals surface area contributed by atoms with Gasteiger partial charge < -0.3 is 20.1 Å². The number of benzene rings is 2. The van der Waals surface area contributed by atoms with Crippen molar-refractivity contribution in [3.05, 3.63) is 59.7 Å². The molecule has 0 atom stereocenters. The van der Waals surface area contributed by atoms with Crippen molar-refractivity contribution >= 4 is 11.7 Å². The summed E-state index contributed by atoms with van der Waals surface area (Å²) >= 11 is 0. The Kier molecular flexibility index (Phi) is 7.04. The van der Waals surface area contributed by atoms with Gasteiger partial charge in [0.2, 0.25) is 0 Å². The summed E-state index contributed by atoms with van der Waals surface area (Å²) in [5, 5.41) is 5.70. The first-order valence-corrected chi connectivity index (χ1v) is 8.74. The van der Waals surface area contributed by atoms with E-state index >= 15 is 0 Å². The predicted octanol–water partition coefficient (Wildman–Crippen LogP) is 4.33. The largest absolute Gasteiger partial charge is 0.491 e. The van der Waals surface area contributed by atoms with E-state index in [1.54, 1.807) is 7.11 Å². The topological polar surface area (TPSA) is 59.6 Å². The molecule has 0 heterocycles. The number of nitrogens with one attached hydrogen (secondary N) is 2. The molecule has 0 radical (unpaired) electrons. The third kappa shape index (κ3) is 6.41. The zero-order chi connectivity index (χ0) is 19.0. The highest BCUT2D eigenvalue weighted by Crippen LogP contribution is 2.23. The molecule has 0 bridgehead atoms. The highest BCUT2D eigenvalue weighted by Gasteiger charge is 2.13. The van der Waals surface area contributed by atoms with Gasteiger partial charge in [0.1, 0.15) is 12.4 Å². The first kappa shape index (κ1) is 19.8. The lowest BCUT2D eigenvalue weighted by Crippen LogP contribution is -2.28. The number of rotatable bonds is 7. The number of methoxy groups -OCH3 is 1. The van der Waals surface area contributed by atoms with Gasteiger partial charge in [-0.25, -0.2) is 4.79 Å². The quantitative estimate of drug-likeness (QED) is 0.726. The number of amides is 2. The lowest BCUT2D eigenvalue weighted by atomic mass is 9.87. The Balaban J connectivity index is 1.79. The van der Waals surface area contributed by atoms with Gasteiger partial charge in [-0.15, -0.1) is 0 Å². The maximum atomic E-state index is 12.0. The third-order valence-corrected chi connectivity index (χ3v) is 3.94. The lowest BCUT2D eigenvalue weighted by Gasteiger charge is -2.19. The molecule has 0 saturated carbocycles. The second-order valence-corrected chi connectivity index (χ2v) is 7.12. The molecule has 0 aliphatic heterocycles. The SMILES string of the molecule is COCCOc1ccc(CNC(=O)Nc2ccc(C(C)(C)C)cc2)cc1. The highest BCUT2D eigenvalue weighted by atomic mass is 16.5. The number of ether oxygens (including phenoxy) is 2. The molecule has 0 aliphatic rings. The minimum absolute atomic E-state index is 0.0974. The summed E-state index contributed by atoms with van der Waals surface area (Å²) in [6, 6.07) is 15.3. The minimum atomic E-state index is -0.228. The number of carbonyl (C=O) groups is 1. The van der Waals surface area contributed by atoms with Gasteiger partial charge in [-0.2, -0.15) is 0 Å². The third-order valence-electron chi connectivity index (χ3n) is 3.94. The molecule has 140 valence electrons. The van der Waals surface area contributed by atoms with Gasteiger partial charge in [-0.1, -0.05) is 45.0 Å². The van der Waals surface area contributed by atoms with Crippen LogP contribution in [0.5, 0.6) is 5.75 Å². The summed E-state index contributed by atoms with van der Waals surface area (Å²) in [6.07, 6.45) is 0. The van der Waals surface area contributed by atoms with Crippen LogP contribution in [0.25, 0.3) is 0 Å².